The Balaban J connectivity index is 2.26. The molecule has 2 heterocycles. The van der Waals surface area contributed by atoms with Crippen molar-refractivity contribution in [1.82, 2.24) is 14.8 Å². The standard InChI is InChI=1S/C17H20N4O/c1-17(2,3)21-12-9-10-19-16(18)13(12)14(20-21)15(22)11-7-5-4-6-8-11/h4-10,15,22H,1-3H3,(H2,18,19). The van der Waals surface area contributed by atoms with E-state index in [1.165, 1.54) is 0 Å². The number of nitrogens with two attached hydrogens (primary N) is 1. The lowest BCUT2D eigenvalue weighted by Gasteiger charge is -2.20. The molecule has 0 radical (unpaired) electrons. The van der Waals surface area contributed by atoms with E-state index in [-0.39, 0.29) is 5.54 Å². The number of aliphatic hydroxyl groups is 1. The maximum Gasteiger partial charge on any atom is 0.134 e. The van der Waals surface area contributed by atoms with Gasteiger partial charge in [-0.2, -0.15) is 5.10 Å². The van der Waals surface area contributed by atoms with Gasteiger partial charge >= 0.3 is 0 Å². The molecular weight excluding hydrogens is 276 g/mol. The van der Waals surface area contributed by atoms with Crippen LogP contribution in [0, 0.1) is 0 Å². The van der Waals surface area contributed by atoms with E-state index in [4.69, 9.17) is 5.73 Å². The van der Waals surface area contributed by atoms with Crippen LogP contribution in [-0.4, -0.2) is 19.9 Å². The largest absolute Gasteiger partial charge is 0.383 e. The molecule has 1 aromatic carbocycles. The molecule has 3 aromatic rings. The summed E-state index contributed by atoms with van der Waals surface area (Å²) in [5.41, 5.74) is 8.04. The van der Waals surface area contributed by atoms with Crippen LogP contribution in [0.25, 0.3) is 10.9 Å². The summed E-state index contributed by atoms with van der Waals surface area (Å²) < 4.78 is 1.89. The summed E-state index contributed by atoms with van der Waals surface area (Å²) >= 11 is 0. The molecular formula is C17H20N4O. The highest BCUT2D eigenvalue weighted by Crippen LogP contribution is 2.33. The molecule has 0 aliphatic carbocycles. The molecule has 5 nitrogen and oxygen atoms in total. The van der Waals surface area contributed by atoms with E-state index in [0.717, 1.165) is 11.1 Å². The number of fused-ring (bicyclic) bond motifs is 1. The first-order valence-corrected chi connectivity index (χ1v) is 7.26. The van der Waals surface area contributed by atoms with Gasteiger partial charge in [0.25, 0.3) is 0 Å². The van der Waals surface area contributed by atoms with Gasteiger partial charge in [0.2, 0.25) is 0 Å². The van der Waals surface area contributed by atoms with E-state index >= 15 is 0 Å². The molecule has 5 heteroatoms. The summed E-state index contributed by atoms with van der Waals surface area (Å²) in [4.78, 5) is 4.15. The Labute approximate surface area is 129 Å². The molecule has 114 valence electrons. The Hall–Kier alpha value is -2.40. The van der Waals surface area contributed by atoms with Crippen molar-refractivity contribution in [1.29, 1.82) is 0 Å². The van der Waals surface area contributed by atoms with Crippen LogP contribution >= 0.6 is 0 Å². The molecule has 3 rings (SSSR count). The minimum atomic E-state index is -0.834. The van der Waals surface area contributed by atoms with Crippen LogP contribution in [0.5, 0.6) is 0 Å². The molecule has 2 aromatic heterocycles. The topological polar surface area (TPSA) is 77.0 Å². The predicted octanol–water partition coefficient (Wildman–Crippen LogP) is 2.85. The number of aliphatic hydroxyl groups excluding tert-OH is 1. The van der Waals surface area contributed by atoms with Crippen LogP contribution < -0.4 is 5.73 Å². The zero-order valence-corrected chi connectivity index (χ0v) is 13.0. The van der Waals surface area contributed by atoms with Crippen molar-refractivity contribution in [2.24, 2.45) is 0 Å². The fraction of sp³-hybridized carbons (Fsp3) is 0.294. The second-order valence-electron chi connectivity index (χ2n) is 6.37. The second-order valence-corrected chi connectivity index (χ2v) is 6.37. The number of nitrogens with zero attached hydrogens (tertiary/aromatic N) is 3. The van der Waals surface area contributed by atoms with E-state index < -0.39 is 6.10 Å². The van der Waals surface area contributed by atoms with E-state index in [1.54, 1.807) is 6.20 Å². The normalized spacial score (nSPS) is 13.5. The Kier molecular flexibility index (Phi) is 3.37. The molecule has 0 bridgehead atoms. The summed E-state index contributed by atoms with van der Waals surface area (Å²) in [5, 5.41) is 16.1. The van der Waals surface area contributed by atoms with E-state index in [2.05, 4.69) is 30.9 Å². The number of hydrogen-bond donors (Lipinski definition) is 2. The van der Waals surface area contributed by atoms with Gasteiger partial charge in [0.15, 0.2) is 0 Å². The van der Waals surface area contributed by atoms with Crippen LogP contribution in [0.15, 0.2) is 42.6 Å². The number of benzene rings is 1. The van der Waals surface area contributed by atoms with Crippen molar-refractivity contribution < 1.29 is 5.11 Å². The van der Waals surface area contributed by atoms with Crippen molar-refractivity contribution in [3.05, 3.63) is 53.9 Å². The predicted molar refractivity (Wildman–Crippen MR) is 87.4 cm³/mol. The monoisotopic (exact) mass is 296 g/mol. The third-order valence-corrected chi connectivity index (χ3v) is 3.66. The highest BCUT2D eigenvalue weighted by atomic mass is 16.3. The fourth-order valence-electron chi connectivity index (χ4n) is 2.61. The van der Waals surface area contributed by atoms with Gasteiger partial charge in [-0.15, -0.1) is 0 Å². The van der Waals surface area contributed by atoms with Gasteiger partial charge in [-0.25, -0.2) is 4.98 Å². The first kappa shape index (κ1) is 14.5. The molecule has 0 saturated heterocycles. The molecule has 0 aliphatic rings. The van der Waals surface area contributed by atoms with Gasteiger partial charge in [-0.1, -0.05) is 30.3 Å². The fourth-order valence-corrected chi connectivity index (χ4v) is 2.61. The summed E-state index contributed by atoms with van der Waals surface area (Å²) in [6.07, 6.45) is 0.832. The van der Waals surface area contributed by atoms with E-state index in [1.807, 2.05) is 41.1 Å². The number of hydrogen-bond acceptors (Lipinski definition) is 4. The number of anilines is 1. The summed E-state index contributed by atoms with van der Waals surface area (Å²) in [6.45, 7) is 6.19. The third kappa shape index (κ3) is 2.33. The van der Waals surface area contributed by atoms with Crippen molar-refractivity contribution in [3.63, 3.8) is 0 Å². The van der Waals surface area contributed by atoms with Crippen LogP contribution in [0.3, 0.4) is 0 Å². The minimum absolute atomic E-state index is 0.222. The third-order valence-electron chi connectivity index (χ3n) is 3.66. The molecule has 0 amide bonds. The highest BCUT2D eigenvalue weighted by Gasteiger charge is 2.25. The summed E-state index contributed by atoms with van der Waals surface area (Å²) in [5.74, 6) is 0.387. The van der Waals surface area contributed by atoms with Crippen molar-refractivity contribution in [2.45, 2.75) is 32.4 Å². The molecule has 0 spiro atoms. The Bertz CT molecular complexity index is 803. The number of aromatic nitrogens is 3. The molecule has 22 heavy (non-hydrogen) atoms. The molecule has 0 saturated carbocycles. The van der Waals surface area contributed by atoms with Gasteiger partial charge in [0.05, 0.1) is 16.4 Å². The Morgan fingerprint density at radius 2 is 1.82 bits per heavy atom. The number of pyridine rings is 1. The lowest BCUT2D eigenvalue weighted by atomic mass is 10.0. The van der Waals surface area contributed by atoms with Crippen molar-refractivity contribution in [3.8, 4) is 0 Å². The quantitative estimate of drug-likeness (QED) is 0.762. The molecule has 1 atom stereocenters. The van der Waals surface area contributed by atoms with Gasteiger partial charge in [0.1, 0.15) is 17.6 Å². The van der Waals surface area contributed by atoms with Crippen LogP contribution in [0.1, 0.15) is 38.1 Å². The highest BCUT2D eigenvalue weighted by molar-refractivity contribution is 5.91. The number of rotatable bonds is 2. The first-order chi connectivity index (χ1) is 10.4. The van der Waals surface area contributed by atoms with Gasteiger partial charge in [-0.05, 0) is 32.4 Å². The van der Waals surface area contributed by atoms with E-state index in [9.17, 15) is 5.11 Å². The van der Waals surface area contributed by atoms with Crippen LogP contribution in [0.2, 0.25) is 0 Å². The van der Waals surface area contributed by atoms with Crippen molar-refractivity contribution >= 4 is 16.7 Å². The van der Waals surface area contributed by atoms with Crippen LogP contribution in [0.4, 0.5) is 5.82 Å². The van der Waals surface area contributed by atoms with Crippen molar-refractivity contribution in [2.75, 3.05) is 5.73 Å². The molecule has 3 N–H and O–H groups in total. The van der Waals surface area contributed by atoms with E-state index in [0.29, 0.717) is 16.9 Å². The average molecular weight is 296 g/mol. The SMILES string of the molecule is CC(C)(C)n1nc(C(O)c2ccccc2)c2c(N)nccc21. The number of nitrogen functional groups attached to an aromatic ring is 1. The maximum atomic E-state index is 10.7. The lowest BCUT2D eigenvalue weighted by Crippen LogP contribution is -2.23. The smallest absolute Gasteiger partial charge is 0.134 e. The lowest BCUT2D eigenvalue weighted by molar-refractivity contribution is 0.213. The minimum Gasteiger partial charge on any atom is -0.383 e. The Morgan fingerprint density at radius 3 is 2.45 bits per heavy atom. The second kappa shape index (κ2) is 5.10. The molecule has 0 aliphatic heterocycles. The zero-order valence-electron chi connectivity index (χ0n) is 13.0. The summed E-state index contributed by atoms with van der Waals surface area (Å²) in [6, 6.07) is 11.3. The van der Waals surface area contributed by atoms with Crippen LogP contribution in [-0.2, 0) is 5.54 Å². The first-order valence-electron chi connectivity index (χ1n) is 7.26. The zero-order chi connectivity index (χ0) is 15.9. The Morgan fingerprint density at radius 1 is 1.14 bits per heavy atom. The average Bonchev–Trinajstić information content (AvgIpc) is 2.88. The van der Waals surface area contributed by atoms with Gasteiger partial charge < -0.3 is 10.8 Å². The molecule has 1 unspecified atom stereocenters. The molecule has 0 fully saturated rings. The maximum absolute atomic E-state index is 10.7. The van der Waals surface area contributed by atoms with Gasteiger partial charge in [-0.3, -0.25) is 4.68 Å². The van der Waals surface area contributed by atoms with Gasteiger partial charge in [0, 0.05) is 6.20 Å². The summed E-state index contributed by atoms with van der Waals surface area (Å²) in [7, 11) is 0.